The highest BCUT2D eigenvalue weighted by molar-refractivity contribution is 5.93. The van der Waals surface area contributed by atoms with Crippen molar-refractivity contribution >= 4 is 5.91 Å². The molecule has 6 nitrogen and oxygen atoms in total. The van der Waals surface area contributed by atoms with E-state index in [1.165, 1.54) is 12.5 Å². The van der Waals surface area contributed by atoms with E-state index in [0.29, 0.717) is 24.6 Å². The van der Waals surface area contributed by atoms with Crippen molar-refractivity contribution < 1.29 is 18.7 Å². The fraction of sp³-hybridized carbons (Fsp3) is 0.444. The second-order valence-corrected chi connectivity index (χ2v) is 6.45. The molecule has 0 radical (unpaired) electrons. The third kappa shape index (κ3) is 3.01. The average molecular weight is 328 g/mol. The van der Waals surface area contributed by atoms with Crippen LogP contribution >= 0.6 is 0 Å². The van der Waals surface area contributed by atoms with Crippen LogP contribution in [-0.4, -0.2) is 47.2 Å². The summed E-state index contributed by atoms with van der Waals surface area (Å²) in [7, 11) is 0. The summed E-state index contributed by atoms with van der Waals surface area (Å²) < 4.78 is 17.0. The van der Waals surface area contributed by atoms with Crippen molar-refractivity contribution in [3.05, 3.63) is 48.6 Å². The Hall–Kier alpha value is -2.34. The lowest BCUT2D eigenvalue weighted by Gasteiger charge is -2.39. The minimum Gasteiger partial charge on any atom is -0.472 e. The van der Waals surface area contributed by atoms with Gasteiger partial charge < -0.3 is 18.8 Å². The maximum Gasteiger partial charge on any atom is 0.257 e. The molecule has 0 aliphatic carbocycles. The first-order valence-corrected chi connectivity index (χ1v) is 8.27. The van der Waals surface area contributed by atoms with Gasteiger partial charge in [-0.3, -0.25) is 4.79 Å². The third-order valence-corrected chi connectivity index (χ3v) is 4.70. The van der Waals surface area contributed by atoms with Crippen LogP contribution in [0.3, 0.4) is 0 Å². The molecule has 24 heavy (non-hydrogen) atoms. The van der Waals surface area contributed by atoms with Gasteiger partial charge in [0.15, 0.2) is 0 Å². The number of ether oxygens (including phenoxy) is 2. The molecule has 1 amide bonds. The number of hydrogen-bond acceptors (Lipinski definition) is 5. The average Bonchev–Trinajstić information content (AvgIpc) is 3.26. The molecule has 0 bridgehead atoms. The fourth-order valence-corrected chi connectivity index (χ4v) is 3.59. The van der Waals surface area contributed by atoms with Gasteiger partial charge in [0.2, 0.25) is 5.88 Å². The van der Waals surface area contributed by atoms with Crippen LogP contribution in [-0.2, 0) is 4.74 Å². The summed E-state index contributed by atoms with van der Waals surface area (Å²) in [5.74, 6) is 0.616. The summed E-state index contributed by atoms with van der Waals surface area (Å²) in [6.45, 7) is 1.88. The number of aromatic nitrogens is 1. The molecule has 6 heteroatoms. The molecular weight excluding hydrogens is 308 g/mol. The van der Waals surface area contributed by atoms with E-state index in [0.717, 1.165) is 25.8 Å². The number of hydrogen-bond donors (Lipinski definition) is 0. The Balaban J connectivity index is 1.41. The number of nitrogens with zero attached hydrogens (tertiary/aromatic N) is 2. The van der Waals surface area contributed by atoms with Crippen LogP contribution in [0.2, 0.25) is 0 Å². The number of carbonyl (C=O) groups is 1. The summed E-state index contributed by atoms with van der Waals surface area (Å²) in [5.41, 5.74) is 0.281. The van der Waals surface area contributed by atoms with Crippen molar-refractivity contribution in [1.29, 1.82) is 0 Å². The molecule has 4 rings (SSSR count). The lowest BCUT2D eigenvalue weighted by Crippen LogP contribution is -2.50. The van der Waals surface area contributed by atoms with Gasteiger partial charge in [0.05, 0.1) is 30.6 Å². The van der Waals surface area contributed by atoms with Gasteiger partial charge in [-0.2, -0.15) is 0 Å². The zero-order valence-electron chi connectivity index (χ0n) is 13.4. The van der Waals surface area contributed by atoms with Gasteiger partial charge in [0.25, 0.3) is 5.91 Å². The van der Waals surface area contributed by atoms with Crippen LogP contribution in [0.25, 0.3) is 0 Å². The zero-order chi connectivity index (χ0) is 16.4. The van der Waals surface area contributed by atoms with E-state index in [1.807, 2.05) is 23.1 Å². The van der Waals surface area contributed by atoms with E-state index in [-0.39, 0.29) is 17.6 Å². The summed E-state index contributed by atoms with van der Waals surface area (Å²) >= 11 is 0. The Bertz CT molecular complexity index is 688. The summed E-state index contributed by atoms with van der Waals surface area (Å²) in [6.07, 6.45) is 7.36. The predicted molar refractivity (Wildman–Crippen MR) is 85.8 cm³/mol. The van der Waals surface area contributed by atoms with Crippen LogP contribution in [0.15, 0.2) is 47.4 Å². The highest BCUT2D eigenvalue weighted by Gasteiger charge is 2.45. The van der Waals surface area contributed by atoms with Gasteiger partial charge in [0, 0.05) is 25.2 Å². The number of carbonyl (C=O) groups excluding carboxylic acids is 1. The van der Waals surface area contributed by atoms with Crippen molar-refractivity contribution in [2.45, 2.75) is 31.0 Å². The number of furan rings is 1. The zero-order valence-corrected chi connectivity index (χ0v) is 13.4. The number of piperidine rings is 1. The van der Waals surface area contributed by atoms with Crippen LogP contribution in [0.5, 0.6) is 5.88 Å². The minimum atomic E-state index is -0.308. The lowest BCUT2D eigenvalue weighted by atomic mass is 9.89. The molecule has 0 unspecified atom stereocenters. The highest BCUT2D eigenvalue weighted by Crippen LogP contribution is 2.36. The quantitative estimate of drug-likeness (QED) is 0.866. The molecular formula is C18H20N2O4. The second kappa shape index (κ2) is 6.28. The monoisotopic (exact) mass is 328 g/mol. The number of amides is 1. The smallest absolute Gasteiger partial charge is 0.257 e. The lowest BCUT2D eigenvalue weighted by molar-refractivity contribution is -0.0453. The molecule has 2 atom stereocenters. The maximum absolute atomic E-state index is 12.5. The van der Waals surface area contributed by atoms with E-state index in [2.05, 4.69) is 4.98 Å². The van der Waals surface area contributed by atoms with Crippen molar-refractivity contribution in [2.75, 3.05) is 19.7 Å². The van der Waals surface area contributed by atoms with Crippen LogP contribution < -0.4 is 4.74 Å². The van der Waals surface area contributed by atoms with Crippen molar-refractivity contribution in [1.82, 2.24) is 9.88 Å². The SMILES string of the molecule is O=C(c1ccoc1)N1CCC[C@]2(C[C@@H](Oc3ccccn3)CO2)C1. The Morgan fingerprint density at radius 3 is 3.12 bits per heavy atom. The Kier molecular flexibility index (Phi) is 3.98. The molecule has 0 aromatic carbocycles. The first-order chi connectivity index (χ1) is 11.7. The highest BCUT2D eigenvalue weighted by atomic mass is 16.6. The standard InChI is InChI=1S/C18H20N2O4/c21-17(14-5-9-22-11-14)20-8-3-6-18(13-20)10-15(12-23-18)24-16-4-1-2-7-19-16/h1-2,4-5,7,9,11,15H,3,6,8,10,12-13H2/t15-,18+/m1/s1. The molecule has 4 heterocycles. The topological polar surface area (TPSA) is 64.8 Å². The first kappa shape index (κ1) is 15.2. The summed E-state index contributed by atoms with van der Waals surface area (Å²) in [6, 6.07) is 7.31. The molecule has 0 saturated carbocycles. The molecule has 2 aliphatic heterocycles. The van der Waals surface area contributed by atoms with Crippen LogP contribution in [0.4, 0.5) is 0 Å². The number of pyridine rings is 1. The fourth-order valence-electron chi connectivity index (χ4n) is 3.59. The minimum absolute atomic E-state index is 0.000481. The van der Waals surface area contributed by atoms with Gasteiger partial charge in [-0.05, 0) is 25.0 Å². The summed E-state index contributed by atoms with van der Waals surface area (Å²) in [4.78, 5) is 18.6. The molecule has 2 aliphatic rings. The Morgan fingerprint density at radius 2 is 2.33 bits per heavy atom. The molecule has 2 aromatic heterocycles. The Labute approximate surface area is 140 Å². The third-order valence-electron chi connectivity index (χ3n) is 4.70. The van der Waals surface area contributed by atoms with Gasteiger partial charge in [0.1, 0.15) is 12.4 Å². The van der Waals surface area contributed by atoms with E-state index in [1.54, 1.807) is 12.3 Å². The molecule has 2 saturated heterocycles. The maximum atomic E-state index is 12.5. The van der Waals surface area contributed by atoms with Crippen molar-refractivity contribution in [3.8, 4) is 5.88 Å². The van der Waals surface area contributed by atoms with E-state index < -0.39 is 0 Å². The second-order valence-electron chi connectivity index (χ2n) is 6.45. The van der Waals surface area contributed by atoms with Gasteiger partial charge in [-0.15, -0.1) is 0 Å². The van der Waals surface area contributed by atoms with Gasteiger partial charge >= 0.3 is 0 Å². The van der Waals surface area contributed by atoms with Crippen LogP contribution in [0, 0.1) is 0 Å². The van der Waals surface area contributed by atoms with Crippen LogP contribution in [0.1, 0.15) is 29.6 Å². The molecule has 0 N–H and O–H groups in total. The van der Waals surface area contributed by atoms with Gasteiger partial charge in [-0.25, -0.2) is 4.98 Å². The molecule has 2 fully saturated rings. The molecule has 1 spiro atoms. The largest absolute Gasteiger partial charge is 0.472 e. The number of rotatable bonds is 3. The summed E-state index contributed by atoms with van der Waals surface area (Å²) in [5, 5.41) is 0. The first-order valence-electron chi connectivity index (χ1n) is 8.27. The Morgan fingerprint density at radius 1 is 1.38 bits per heavy atom. The predicted octanol–water partition coefficient (Wildman–Crippen LogP) is 2.52. The normalized spacial score (nSPS) is 26.7. The van der Waals surface area contributed by atoms with Gasteiger partial charge in [-0.1, -0.05) is 6.07 Å². The van der Waals surface area contributed by atoms with Crippen molar-refractivity contribution in [3.63, 3.8) is 0 Å². The van der Waals surface area contributed by atoms with E-state index >= 15 is 0 Å². The van der Waals surface area contributed by atoms with E-state index in [4.69, 9.17) is 13.9 Å². The molecule has 126 valence electrons. The molecule has 2 aromatic rings. The van der Waals surface area contributed by atoms with E-state index in [9.17, 15) is 4.79 Å². The van der Waals surface area contributed by atoms with Crippen molar-refractivity contribution in [2.24, 2.45) is 0 Å². The number of likely N-dealkylation sites (tertiary alicyclic amines) is 1.